The molecule has 1 fully saturated rings. The van der Waals surface area contributed by atoms with E-state index in [0.717, 1.165) is 74.8 Å². The molecular formula is C24H25ClN6O. The summed E-state index contributed by atoms with van der Waals surface area (Å²) in [5.74, 6) is 1.96. The maximum Gasteiger partial charge on any atom is 0.252 e. The summed E-state index contributed by atoms with van der Waals surface area (Å²) in [5, 5.41) is 0.680. The monoisotopic (exact) mass is 448 g/mol. The van der Waals surface area contributed by atoms with Crippen molar-refractivity contribution in [2.45, 2.75) is 25.7 Å². The van der Waals surface area contributed by atoms with Gasteiger partial charge in [-0.25, -0.2) is 15.0 Å². The molecule has 5 rings (SSSR count). The molecular weight excluding hydrogens is 424 g/mol. The van der Waals surface area contributed by atoms with Gasteiger partial charge in [0.2, 0.25) is 0 Å². The predicted octanol–water partition coefficient (Wildman–Crippen LogP) is 3.50. The van der Waals surface area contributed by atoms with E-state index in [1.54, 1.807) is 18.3 Å². The number of amides is 1. The molecule has 2 aromatic heterocycles. The van der Waals surface area contributed by atoms with Crippen molar-refractivity contribution >= 4 is 29.1 Å². The first kappa shape index (κ1) is 20.7. The van der Waals surface area contributed by atoms with Crippen LogP contribution in [0.1, 0.15) is 34.5 Å². The summed E-state index contributed by atoms with van der Waals surface area (Å²) in [6, 6.07) is 11.2. The average Bonchev–Trinajstić information content (AvgIpc) is 2.83. The Kier molecular flexibility index (Phi) is 5.66. The molecule has 7 nitrogen and oxygen atoms in total. The van der Waals surface area contributed by atoms with Gasteiger partial charge in [-0.1, -0.05) is 23.7 Å². The minimum atomic E-state index is -0.452. The Hall–Kier alpha value is -3.19. The number of nitrogens with two attached hydrogens (primary N) is 1. The molecule has 3 aromatic rings. The molecule has 1 aliphatic heterocycles. The Labute approximate surface area is 192 Å². The summed E-state index contributed by atoms with van der Waals surface area (Å²) in [6.45, 7) is 3.05. The highest BCUT2D eigenvalue weighted by Gasteiger charge is 2.27. The van der Waals surface area contributed by atoms with Gasteiger partial charge in [-0.2, -0.15) is 0 Å². The number of hydrogen-bond donors (Lipinski definition) is 1. The molecule has 0 saturated carbocycles. The Morgan fingerprint density at radius 2 is 1.69 bits per heavy atom. The Morgan fingerprint density at radius 3 is 2.44 bits per heavy atom. The lowest BCUT2D eigenvalue weighted by molar-refractivity contribution is 0.100. The Bertz CT molecular complexity index is 1160. The maximum atomic E-state index is 11.8. The maximum absolute atomic E-state index is 11.8. The summed E-state index contributed by atoms with van der Waals surface area (Å²) in [4.78, 5) is 30.6. The van der Waals surface area contributed by atoms with Crippen LogP contribution >= 0.6 is 11.6 Å². The molecule has 1 aromatic carbocycles. The zero-order valence-electron chi connectivity index (χ0n) is 17.8. The normalized spacial score (nSPS) is 16.0. The number of carbonyl (C=O) groups is 1. The van der Waals surface area contributed by atoms with Crippen LogP contribution in [0, 0.1) is 0 Å². The van der Waals surface area contributed by atoms with E-state index < -0.39 is 5.91 Å². The minimum absolute atomic E-state index is 0.452. The fraction of sp³-hybridized carbons (Fsp3) is 0.333. The molecule has 32 heavy (non-hydrogen) atoms. The number of hydrogen-bond acceptors (Lipinski definition) is 6. The number of aromatic nitrogens is 3. The second-order valence-electron chi connectivity index (χ2n) is 8.23. The van der Waals surface area contributed by atoms with Gasteiger partial charge in [0, 0.05) is 54.2 Å². The molecule has 8 heteroatoms. The summed E-state index contributed by atoms with van der Waals surface area (Å²) < 4.78 is 0. The molecule has 1 saturated heterocycles. The van der Waals surface area contributed by atoms with E-state index in [-0.39, 0.29) is 0 Å². The fourth-order valence-corrected chi connectivity index (χ4v) is 4.75. The molecule has 2 N–H and O–H groups in total. The lowest BCUT2D eigenvalue weighted by atomic mass is 9.95. The zero-order valence-corrected chi connectivity index (χ0v) is 18.6. The number of aryl methyl sites for hydroxylation is 1. The van der Waals surface area contributed by atoms with Gasteiger partial charge in [-0.15, -0.1) is 0 Å². The molecule has 2 aliphatic rings. The third-order valence-corrected chi connectivity index (χ3v) is 6.41. The second-order valence-corrected chi connectivity index (χ2v) is 8.66. The highest BCUT2D eigenvalue weighted by Crippen LogP contribution is 2.32. The van der Waals surface area contributed by atoms with E-state index in [0.29, 0.717) is 16.4 Å². The van der Waals surface area contributed by atoms with Crippen LogP contribution in [0.2, 0.25) is 5.02 Å². The predicted molar refractivity (Wildman–Crippen MR) is 126 cm³/mol. The van der Waals surface area contributed by atoms with Gasteiger partial charge >= 0.3 is 0 Å². The standard InChI is InChI=1S/C24H25ClN6O/c25-17-6-3-5-16(15-17)22-28-20-9-2-1-7-18(20)24(29-22)31-13-11-30(12-14-31)23-19(21(26)32)8-4-10-27-23/h3-6,8,10,15H,1-2,7,9,11-14H2,(H2,26,32). The van der Waals surface area contributed by atoms with Crippen molar-refractivity contribution in [2.75, 3.05) is 36.0 Å². The number of rotatable bonds is 4. The quantitative estimate of drug-likeness (QED) is 0.657. The first-order valence-corrected chi connectivity index (χ1v) is 11.4. The van der Waals surface area contributed by atoms with Crippen molar-refractivity contribution in [2.24, 2.45) is 5.73 Å². The highest BCUT2D eigenvalue weighted by atomic mass is 35.5. The van der Waals surface area contributed by atoms with Crippen molar-refractivity contribution < 1.29 is 4.79 Å². The van der Waals surface area contributed by atoms with Crippen LogP contribution in [0.4, 0.5) is 11.6 Å². The van der Waals surface area contributed by atoms with Crippen molar-refractivity contribution in [1.82, 2.24) is 15.0 Å². The summed E-state index contributed by atoms with van der Waals surface area (Å²) in [6.07, 6.45) is 6.00. The first-order valence-electron chi connectivity index (χ1n) is 11.0. The van der Waals surface area contributed by atoms with Gasteiger partial charge in [-0.05, 0) is 49.9 Å². The average molecular weight is 449 g/mol. The van der Waals surface area contributed by atoms with Crippen molar-refractivity contribution in [3.05, 3.63) is 64.4 Å². The van der Waals surface area contributed by atoms with E-state index in [4.69, 9.17) is 27.3 Å². The van der Waals surface area contributed by atoms with Gasteiger partial charge in [0.05, 0.1) is 5.56 Å². The lowest BCUT2D eigenvalue weighted by Gasteiger charge is -2.38. The third kappa shape index (κ3) is 4.00. The second kappa shape index (κ2) is 8.74. The number of carbonyl (C=O) groups excluding carboxylic acids is 1. The number of pyridine rings is 1. The molecule has 0 atom stereocenters. The number of fused-ring (bicyclic) bond motifs is 1. The van der Waals surface area contributed by atoms with Crippen LogP contribution in [0.15, 0.2) is 42.6 Å². The number of anilines is 2. The summed E-state index contributed by atoms with van der Waals surface area (Å²) in [7, 11) is 0. The van der Waals surface area contributed by atoms with E-state index in [9.17, 15) is 4.79 Å². The van der Waals surface area contributed by atoms with E-state index in [2.05, 4.69) is 14.8 Å². The largest absolute Gasteiger partial charge is 0.365 e. The third-order valence-electron chi connectivity index (χ3n) is 6.17. The molecule has 164 valence electrons. The van der Waals surface area contributed by atoms with E-state index in [1.165, 1.54) is 5.56 Å². The number of halogens is 1. The summed E-state index contributed by atoms with van der Waals surface area (Å²) in [5.41, 5.74) is 9.38. The van der Waals surface area contributed by atoms with Gasteiger partial charge in [0.25, 0.3) is 5.91 Å². The first-order chi connectivity index (χ1) is 15.6. The smallest absolute Gasteiger partial charge is 0.252 e. The van der Waals surface area contributed by atoms with Crippen LogP contribution in [0.5, 0.6) is 0 Å². The van der Waals surface area contributed by atoms with Crippen LogP contribution in [-0.4, -0.2) is 47.0 Å². The topological polar surface area (TPSA) is 88.2 Å². The minimum Gasteiger partial charge on any atom is -0.365 e. The van der Waals surface area contributed by atoms with Gasteiger partial charge < -0.3 is 15.5 Å². The fourth-order valence-electron chi connectivity index (χ4n) is 4.56. The Balaban J connectivity index is 1.44. The van der Waals surface area contributed by atoms with Crippen LogP contribution in [-0.2, 0) is 12.8 Å². The molecule has 0 bridgehead atoms. The van der Waals surface area contributed by atoms with Crippen LogP contribution in [0.25, 0.3) is 11.4 Å². The zero-order chi connectivity index (χ0) is 22.1. The number of piperazine rings is 1. The number of primary amides is 1. The van der Waals surface area contributed by atoms with Crippen LogP contribution < -0.4 is 15.5 Å². The van der Waals surface area contributed by atoms with Gasteiger partial charge in [0.15, 0.2) is 5.82 Å². The molecule has 1 aliphatic carbocycles. The van der Waals surface area contributed by atoms with Gasteiger partial charge in [0.1, 0.15) is 11.6 Å². The van der Waals surface area contributed by atoms with Crippen molar-refractivity contribution in [3.8, 4) is 11.4 Å². The number of benzene rings is 1. The molecule has 3 heterocycles. The van der Waals surface area contributed by atoms with Crippen molar-refractivity contribution in [1.29, 1.82) is 0 Å². The van der Waals surface area contributed by atoms with E-state index in [1.807, 2.05) is 24.3 Å². The number of nitrogens with zero attached hydrogens (tertiary/aromatic N) is 5. The lowest BCUT2D eigenvalue weighted by Crippen LogP contribution is -2.48. The van der Waals surface area contributed by atoms with E-state index >= 15 is 0 Å². The van der Waals surface area contributed by atoms with Crippen LogP contribution in [0.3, 0.4) is 0 Å². The SMILES string of the molecule is NC(=O)c1cccnc1N1CCN(c2nc(-c3cccc(Cl)c3)nc3c2CCCC3)CC1. The highest BCUT2D eigenvalue weighted by molar-refractivity contribution is 6.30. The molecule has 0 spiro atoms. The summed E-state index contributed by atoms with van der Waals surface area (Å²) >= 11 is 6.23. The Morgan fingerprint density at radius 1 is 0.938 bits per heavy atom. The van der Waals surface area contributed by atoms with Crippen molar-refractivity contribution in [3.63, 3.8) is 0 Å². The molecule has 0 radical (unpaired) electrons. The molecule has 1 amide bonds. The van der Waals surface area contributed by atoms with Gasteiger partial charge in [-0.3, -0.25) is 4.79 Å². The molecule has 0 unspecified atom stereocenters.